The van der Waals surface area contributed by atoms with Crippen molar-refractivity contribution in [1.82, 2.24) is 15.0 Å². The van der Waals surface area contributed by atoms with Gasteiger partial charge in [0, 0.05) is 30.6 Å². The second-order valence-corrected chi connectivity index (χ2v) is 10.4. The molecule has 0 saturated heterocycles. The molecule has 1 heterocycles. The minimum absolute atomic E-state index is 0.0769. The van der Waals surface area contributed by atoms with Gasteiger partial charge < -0.3 is 30.1 Å². The summed E-state index contributed by atoms with van der Waals surface area (Å²) in [6.45, 7) is 12.3. The summed E-state index contributed by atoms with van der Waals surface area (Å²) in [7, 11) is 2.14. The number of aliphatic hydroxyl groups is 2. The summed E-state index contributed by atoms with van der Waals surface area (Å²) in [5.74, 6) is 1.31. The maximum absolute atomic E-state index is 11.0. The number of rotatable bonds is 13. The van der Waals surface area contributed by atoms with Crippen molar-refractivity contribution < 1.29 is 24.3 Å². The highest BCUT2D eigenvalue weighted by molar-refractivity contribution is 5.78. The minimum atomic E-state index is -1.42. The van der Waals surface area contributed by atoms with Gasteiger partial charge >= 0.3 is 0 Å². The van der Waals surface area contributed by atoms with Gasteiger partial charge in [-0.3, -0.25) is 4.79 Å². The van der Waals surface area contributed by atoms with Gasteiger partial charge in [-0.15, -0.1) is 0 Å². The molecule has 9 nitrogen and oxygen atoms in total. The number of carbonyl (C=O) groups is 1. The molecule has 3 aromatic rings. The molecule has 2 atom stereocenters. The first-order valence-corrected chi connectivity index (χ1v) is 13.0. The molecule has 3 rings (SSSR count). The van der Waals surface area contributed by atoms with Gasteiger partial charge in [-0.1, -0.05) is 32.0 Å². The lowest BCUT2D eigenvalue weighted by Gasteiger charge is -2.20. The van der Waals surface area contributed by atoms with Crippen LogP contribution in [0.15, 0.2) is 34.9 Å². The number of aliphatic hydroxyl groups excluding tert-OH is 2. The van der Waals surface area contributed by atoms with Gasteiger partial charge in [-0.2, -0.15) is 4.98 Å². The van der Waals surface area contributed by atoms with Crippen molar-refractivity contribution in [2.45, 2.75) is 66.2 Å². The molecule has 9 heteroatoms. The van der Waals surface area contributed by atoms with E-state index in [1.54, 1.807) is 0 Å². The Bertz CT molecular complexity index is 1240. The zero-order chi connectivity index (χ0) is 28.0. The van der Waals surface area contributed by atoms with E-state index in [9.17, 15) is 15.0 Å². The van der Waals surface area contributed by atoms with Crippen LogP contribution in [0.5, 0.6) is 5.75 Å². The third kappa shape index (κ3) is 7.63. The number of hydrogen-bond donors (Lipinski definition) is 3. The Hall–Kier alpha value is -3.27. The lowest BCUT2D eigenvalue weighted by Crippen LogP contribution is -2.33. The molecule has 4 N–H and O–H groups in total. The zero-order valence-corrected chi connectivity index (χ0v) is 23.2. The minimum Gasteiger partial charge on any atom is -0.490 e. The van der Waals surface area contributed by atoms with Crippen molar-refractivity contribution in [3.63, 3.8) is 0 Å². The SMILES string of the molecule is CCc1cc(-c2noc(-c3ccc(CN(C)CC(C)C)c(C)c3)n2)cc(C)c1OC[C@@H](O)CC(O)C(N)=O. The summed E-state index contributed by atoms with van der Waals surface area (Å²) in [6, 6.07) is 10.1. The van der Waals surface area contributed by atoms with E-state index >= 15 is 0 Å². The molecule has 0 fully saturated rings. The van der Waals surface area contributed by atoms with Crippen LogP contribution >= 0.6 is 0 Å². The van der Waals surface area contributed by atoms with Gasteiger partial charge in [0.25, 0.3) is 5.89 Å². The van der Waals surface area contributed by atoms with Crippen molar-refractivity contribution in [3.8, 4) is 28.6 Å². The van der Waals surface area contributed by atoms with Crippen LogP contribution in [0, 0.1) is 19.8 Å². The van der Waals surface area contributed by atoms with Crippen LogP contribution in [0.2, 0.25) is 0 Å². The van der Waals surface area contributed by atoms with Crippen molar-refractivity contribution in [2.24, 2.45) is 11.7 Å². The third-order valence-electron chi connectivity index (χ3n) is 6.37. The van der Waals surface area contributed by atoms with Crippen LogP contribution in [0.3, 0.4) is 0 Å². The first kappa shape index (κ1) is 29.3. The molecule has 1 aromatic heterocycles. The average molecular weight is 525 g/mol. The summed E-state index contributed by atoms with van der Waals surface area (Å²) in [4.78, 5) is 18.0. The third-order valence-corrected chi connectivity index (χ3v) is 6.37. The number of carbonyl (C=O) groups excluding carboxylic acids is 1. The van der Waals surface area contributed by atoms with Gasteiger partial charge in [0.15, 0.2) is 0 Å². The number of nitrogens with zero attached hydrogens (tertiary/aromatic N) is 3. The van der Waals surface area contributed by atoms with E-state index in [1.807, 2.05) is 32.0 Å². The fourth-order valence-electron chi connectivity index (χ4n) is 4.51. The quantitative estimate of drug-likeness (QED) is 0.308. The number of benzene rings is 2. The second-order valence-electron chi connectivity index (χ2n) is 10.4. The molecule has 0 spiro atoms. The van der Waals surface area contributed by atoms with Gasteiger partial charge in [-0.25, -0.2) is 0 Å². The van der Waals surface area contributed by atoms with E-state index in [4.69, 9.17) is 15.0 Å². The van der Waals surface area contributed by atoms with E-state index in [2.05, 4.69) is 55.0 Å². The molecule has 0 bridgehead atoms. The van der Waals surface area contributed by atoms with E-state index in [0.717, 1.165) is 35.3 Å². The van der Waals surface area contributed by atoms with Crippen LogP contribution in [0.4, 0.5) is 0 Å². The number of aromatic nitrogens is 2. The maximum Gasteiger partial charge on any atom is 0.258 e. The van der Waals surface area contributed by atoms with Gasteiger partial charge in [0.2, 0.25) is 11.7 Å². The first-order chi connectivity index (χ1) is 18.0. The Kier molecular flexibility index (Phi) is 10.0. The van der Waals surface area contributed by atoms with Crippen molar-refractivity contribution in [2.75, 3.05) is 20.2 Å². The maximum atomic E-state index is 11.0. The highest BCUT2D eigenvalue weighted by atomic mass is 16.5. The Morgan fingerprint density at radius 3 is 2.45 bits per heavy atom. The summed E-state index contributed by atoms with van der Waals surface area (Å²) in [5.41, 5.74) is 10.9. The summed E-state index contributed by atoms with van der Waals surface area (Å²) < 4.78 is 11.5. The van der Waals surface area contributed by atoms with Crippen LogP contribution in [-0.2, 0) is 17.8 Å². The summed E-state index contributed by atoms with van der Waals surface area (Å²) in [6.07, 6.45) is -1.96. The lowest BCUT2D eigenvalue weighted by molar-refractivity contribution is -0.127. The molecule has 0 aliphatic rings. The second kappa shape index (κ2) is 13.0. The van der Waals surface area contributed by atoms with E-state index in [0.29, 0.717) is 29.8 Å². The van der Waals surface area contributed by atoms with Gasteiger partial charge in [0.1, 0.15) is 18.5 Å². The molecule has 0 aliphatic carbocycles. The molecule has 206 valence electrons. The van der Waals surface area contributed by atoms with Crippen molar-refractivity contribution >= 4 is 5.91 Å². The molecule has 38 heavy (non-hydrogen) atoms. The van der Waals surface area contributed by atoms with Crippen LogP contribution < -0.4 is 10.5 Å². The fraction of sp³-hybridized carbons (Fsp3) is 0.483. The Labute approximate surface area is 224 Å². The first-order valence-electron chi connectivity index (χ1n) is 13.0. The topological polar surface area (TPSA) is 135 Å². The highest BCUT2D eigenvalue weighted by Crippen LogP contribution is 2.32. The molecular formula is C29H40N4O5. The highest BCUT2D eigenvalue weighted by Gasteiger charge is 2.20. The number of amides is 1. The Balaban J connectivity index is 1.75. The van der Waals surface area contributed by atoms with E-state index in [-0.39, 0.29) is 13.0 Å². The number of hydrogen-bond acceptors (Lipinski definition) is 8. The number of ether oxygens (including phenoxy) is 1. The molecule has 1 unspecified atom stereocenters. The molecule has 2 aromatic carbocycles. The van der Waals surface area contributed by atoms with Gasteiger partial charge in [-0.05, 0) is 79.8 Å². The standard InChI is InChI=1S/C29H40N4O5/c1-7-20-12-23(11-19(5)26(20)37-16-24(34)13-25(35)27(30)36)28-31-29(38-32-28)21-8-9-22(18(4)10-21)15-33(6)14-17(2)3/h8-12,17,24-25,34-35H,7,13-16H2,1-6H3,(H2,30,36)/t24-,25?/m0/s1. The number of nitrogens with two attached hydrogens (primary N) is 1. The normalized spacial score (nSPS) is 13.2. The smallest absolute Gasteiger partial charge is 0.258 e. The summed E-state index contributed by atoms with van der Waals surface area (Å²) in [5, 5.41) is 23.9. The zero-order valence-electron chi connectivity index (χ0n) is 23.2. The molecule has 0 saturated carbocycles. The average Bonchev–Trinajstić information content (AvgIpc) is 3.34. The number of aryl methyl sites for hydroxylation is 3. The Morgan fingerprint density at radius 1 is 1.11 bits per heavy atom. The van der Waals surface area contributed by atoms with Crippen molar-refractivity contribution in [3.05, 3.63) is 52.6 Å². The monoisotopic (exact) mass is 524 g/mol. The van der Waals surface area contributed by atoms with Crippen LogP contribution in [-0.4, -0.2) is 63.6 Å². The van der Waals surface area contributed by atoms with E-state index in [1.165, 1.54) is 11.1 Å². The van der Waals surface area contributed by atoms with Crippen LogP contribution in [0.25, 0.3) is 22.8 Å². The fourth-order valence-corrected chi connectivity index (χ4v) is 4.51. The lowest BCUT2D eigenvalue weighted by atomic mass is 10.0. The predicted octanol–water partition coefficient (Wildman–Crippen LogP) is 3.65. The largest absolute Gasteiger partial charge is 0.490 e. The molecule has 0 aliphatic heterocycles. The molecular weight excluding hydrogens is 484 g/mol. The predicted molar refractivity (Wildman–Crippen MR) is 147 cm³/mol. The number of primary amides is 1. The van der Waals surface area contributed by atoms with E-state index < -0.39 is 18.1 Å². The van der Waals surface area contributed by atoms with Gasteiger partial charge in [0.05, 0.1) is 6.10 Å². The van der Waals surface area contributed by atoms with Crippen LogP contribution in [0.1, 0.15) is 49.4 Å². The summed E-state index contributed by atoms with van der Waals surface area (Å²) >= 11 is 0. The molecule has 0 radical (unpaired) electrons. The molecule has 1 amide bonds. The van der Waals surface area contributed by atoms with Crippen molar-refractivity contribution in [1.29, 1.82) is 0 Å². The Morgan fingerprint density at radius 2 is 1.82 bits per heavy atom.